The number of benzene rings is 1. The molecular formula is C20H18Cl2FN5O4. The minimum atomic E-state index is -1.22. The minimum absolute atomic E-state index is 0.0268. The van der Waals surface area contributed by atoms with Crippen LogP contribution in [0.4, 0.5) is 4.39 Å². The Bertz CT molecular complexity index is 1310. The summed E-state index contributed by atoms with van der Waals surface area (Å²) in [6.45, 7) is -1.22. The predicted octanol–water partition coefficient (Wildman–Crippen LogP) is 3.76. The topological polar surface area (TPSA) is 123 Å². The van der Waals surface area contributed by atoms with Gasteiger partial charge in [0.25, 0.3) is 11.1 Å². The number of alkyl halides is 1. The molecule has 1 saturated carbocycles. The predicted molar refractivity (Wildman–Crippen MR) is 116 cm³/mol. The van der Waals surface area contributed by atoms with Crippen molar-refractivity contribution in [3.8, 4) is 22.9 Å². The monoisotopic (exact) mass is 481 g/mol. The zero-order valence-electron chi connectivity index (χ0n) is 16.7. The van der Waals surface area contributed by atoms with Gasteiger partial charge in [0, 0.05) is 17.2 Å². The van der Waals surface area contributed by atoms with Gasteiger partial charge in [-0.2, -0.15) is 9.78 Å². The normalized spacial score (nSPS) is 14.5. The smallest absolute Gasteiger partial charge is 0.347 e. The maximum absolute atomic E-state index is 12.9. The average molecular weight is 482 g/mol. The lowest BCUT2D eigenvalue weighted by Crippen LogP contribution is -2.32. The van der Waals surface area contributed by atoms with E-state index in [-0.39, 0.29) is 44.4 Å². The van der Waals surface area contributed by atoms with Gasteiger partial charge in [-0.15, -0.1) is 5.10 Å². The molecule has 1 fully saturated rings. The van der Waals surface area contributed by atoms with Crippen molar-refractivity contribution in [2.24, 2.45) is 0 Å². The van der Waals surface area contributed by atoms with Crippen molar-refractivity contribution >= 4 is 23.2 Å². The van der Waals surface area contributed by atoms with E-state index in [4.69, 9.17) is 27.9 Å². The molecule has 1 aliphatic rings. The van der Waals surface area contributed by atoms with Crippen LogP contribution in [0.2, 0.25) is 10.0 Å². The van der Waals surface area contributed by atoms with Gasteiger partial charge >= 0.3 is 5.69 Å². The van der Waals surface area contributed by atoms with E-state index < -0.39 is 18.0 Å². The largest absolute Gasteiger partial charge is 0.434 e. The summed E-state index contributed by atoms with van der Waals surface area (Å²) in [7, 11) is 0. The van der Waals surface area contributed by atoms with Gasteiger partial charge in [0.05, 0.1) is 10.0 Å². The molecule has 12 heteroatoms. The maximum Gasteiger partial charge on any atom is 0.347 e. The number of aromatic nitrogens is 5. The van der Waals surface area contributed by atoms with Crippen LogP contribution in [0.1, 0.15) is 43.6 Å². The Morgan fingerprint density at radius 2 is 1.75 bits per heavy atom. The van der Waals surface area contributed by atoms with Crippen LogP contribution in [0.15, 0.2) is 32.6 Å². The van der Waals surface area contributed by atoms with Crippen LogP contribution in [0.3, 0.4) is 0 Å². The third kappa shape index (κ3) is 4.46. The standard InChI is InChI=1S/C20H18Cl2FN5O4/c21-13-6-11(16-19(30)24-20(31)28(9-23)27-16)7-14(22)17(13)32-15-8-12(18(29)26-25-15)10-4-2-1-3-5-10/h6-8,10H,1-5,9H2,(H,26,29)(H,24,30,31). The summed E-state index contributed by atoms with van der Waals surface area (Å²) < 4.78 is 19.2. The van der Waals surface area contributed by atoms with Gasteiger partial charge in [-0.05, 0) is 30.9 Å². The second-order valence-corrected chi connectivity index (χ2v) is 8.24. The molecule has 1 aromatic carbocycles. The molecule has 4 rings (SSSR count). The average Bonchev–Trinajstić information content (AvgIpc) is 2.78. The second-order valence-electron chi connectivity index (χ2n) is 7.42. The second kappa shape index (κ2) is 9.25. The van der Waals surface area contributed by atoms with E-state index in [1.165, 1.54) is 12.1 Å². The Balaban J connectivity index is 1.68. The summed E-state index contributed by atoms with van der Waals surface area (Å²) in [5.41, 5.74) is -1.53. The first-order chi connectivity index (χ1) is 15.4. The fourth-order valence-electron chi connectivity index (χ4n) is 3.77. The lowest BCUT2D eigenvalue weighted by molar-refractivity contribution is 0.332. The molecule has 0 radical (unpaired) electrons. The van der Waals surface area contributed by atoms with Crippen molar-refractivity contribution in [3.63, 3.8) is 0 Å². The number of hydrogen-bond acceptors (Lipinski definition) is 6. The summed E-state index contributed by atoms with van der Waals surface area (Å²) in [4.78, 5) is 37.9. The molecule has 0 bridgehead atoms. The van der Waals surface area contributed by atoms with E-state index in [0.717, 1.165) is 32.1 Å². The molecule has 2 aromatic heterocycles. The van der Waals surface area contributed by atoms with Crippen LogP contribution in [0, 0.1) is 0 Å². The number of nitrogens with one attached hydrogen (secondary N) is 2. The fourth-order valence-corrected chi connectivity index (χ4v) is 4.34. The van der Waals surface area contributed by atoms with E-state index >= 15 is 0 Å². The first-order valence-corrected chi connectivity index (χ1v) is 10.7. The van der Waals surface area contributed by atoms with Gasteiger partial charge in [-0.1, -0.05) is 42.5 Å². The molecule has 0 aliphatic heterocycles. The zero-order valence-corrected chi connectivity index (χ0v) is 18.2. The number of nitrogens with zero attached hydrogens (tertiary/aromatic N) is 3. The number of ether oxygens (including phenoxy) is 1. The Labute approximate surface area is 190 Å². The zero-order chi connectivity index (χ0) is 22.8. The molecule has 1 aliphatic carbocycles. The lowest BCUT2D eigenvalue weighted by Gasteiger charge is -2.21. The molecule has 0 atom stereocenters. The summed E-state index contributed by atoms with van der Waals surface area (Å²) in [6, 6.07) is 4.28. The number of rotatable bonds is 5. The van der Waals surface area contributed by atoms with Crippen molar-refractivity contribution in [1.29, 1.82) is 0 Å². The Kier molecular flexibility index (Phi) is 6.43. The summed E-state index contributed by atoms with van der Waals surface area (Å²) >= 11 is 12.6. The van der Waals surface area contributed by atoms with Gasteiger partial charge < -0.3 is 4.74 Å². The van der Waals surface area contributed by atoms with E-state index in [9.17, 15) is 18.8 Å². The molecule has 168 valence electrons. The Hall–Kier alpha value is -2.98. The van der Waals surface area contributed by atoms with Gasteiger partial charge in [0.2, 0.25) is 5.88 Å². The first kappa shape index (κ1) is 22.2. The molecule has 2 N–H and O–H groups in total. The third-order valence-corrected chi connectivity index (χ3v) is 5.90. The van der Waals surface area contributed by atoms with Gasteiger partial charge in [0.1, 0.15) is 0 Å². The molecular weight excluding hydrogens is 464 g/mol. The molecule has 9 nitrogen and oxygen atoms in total. The van der Waals surface area contributed by atoms with Crippen molar-refractivity contribution in [1.82, 2.24) is 25.0 Å². The highest BCUT2D eigenvalue weighted by atomic mass is 35.5. The van der Waals surface area contributed by atoms with Crippen molar-refractivity contribution < 1.29 is 9.13 Å². The number of halogens is 3. The quantitative estimate of drug-likeness (QED) is 0.571. The Morgan fingerprint density at radius 3 is 2.41 bits per heavy atom. The van der Waals surface area contributed by atoms with Crippen LogP contribution in [-0.4, -0.2) is 25.0 Å². The van der Waals surface area contributed by atoms with Crippen LogP contribution in [-0.2, 0) is 6.80 Å². The van der Waals surface area contributed by atoms with E-state index in [1.54, 1.807) is 6.07 Å². The fraction of sp³-hybridized carbons (Fsp3) is 0.350. The molecule has 2 heterocycles. The van der Waals surface area contributed by atoms with E-state index in [2.05, 4.69) is 15.3 Å². The highest BCUT2D eigenvalue weighted by Gasteiger charge is 2.21. The highest BCUT2D eigenvalue weighted by Crippen LogP contribution is 2.39. The molecule has 0 unspecified atom stereocenters. The SMILES string of the molecule is O=c1[nH]nc(Oc2c(Cl)cc(-c3nn(CF)c(=O)[nH]c3=O)cc2Cl)cc1C1CCCCC1. The number of hydrogen-bond donors (Lipinski definition) is 2. The first-order valence-electron chi connectivity index (χ1n) is 9.91. The number of H-pyrrole nitrogens is 2. The highest BCUT2D eigenvalue weighted by molar-refractivity contribution is 6.37. The lowest BCUT2D eigenvalue weighted by atomic mass is 9.85. The van der Waals surface area contributed by atoms with Crippen molar-refractivity contribution in [2.45, 2.75) is 44.8 Å². The minimum Gasteiger partial charge on any atom is -0.434 e. The van der Waals surface area contributed by atoms with E-state index in [0.29, 0.717) is 10.2 Å². The van der Waals surface area contributed by atoms with Gasteiger partial charge in [-0.25, -0.2) is 14.3 Å². The molecule has 0 amide bonds. The summed E-state index contributed by atoms with van der Waals surface area (Å²) in [6.07, 6.45) is 5.12. The molecule has 32 heavy (non-hydrogen) atoms. The summed E-state index contributed by atoms with van der Waals surface area (Å²) in [5, 5.41) is 10.1. The summed E-state index contributed by atoms with van der Waals surface area (Å²) in [5.74, 6) is 0.306. The van der Waals surface area contributed by atoms with Crippen LogP contribution in [0.25, 0.3) is 11.3 Å². The van der Waals surface area contributed by atoms with Crippen LogP contribution < -0.4 is 21.5 Å². The maximum atomic E-state index is 12.9. The van der Waals surface area contributed by atoms with E-state index in [1.807, 2.05) is 4.98 Å². The van der Waals surface area contributed by atoms with Crippen molar-refractivity contribution in [2.75, 3.05) is 0 Å². The van der Waals surface area contributed by atoms with Gasteiger partial charge in [0.15, 0.2) is 18.2 Å². The van der Waals surface area contributed by atoms with Crippen molar-refractivity contribution in [3.05, 3.63) is 65.0 Å². The molecule has 0 spiro atoms. The van der Waals surface area contributed by atoms with Crippen LogP contribution in [0.5, 0.6) is 11.6 Å². The molecule has 0 saturated heterocycles. The number of aromatic amines is 2. The Morgan fingerprint density at radius 1 is 1.06 bits per heavy atom. The van der Waals surface area contributed by atoms with Crippen LogP contribution >= 0.6 is 23.2 Å². The third-order valence-electron chi connectivity index (χ3n) is 5.34. The molecule has 3 aromatic rings. The van der Waals surface area contributed by atoms with Gasteiger partial charge in [-0.3, -0.25) is 14.6 Å².